The highest BCUT2D eigenvalue weighted by molar-refractivity contribution is 6.04. The third-order valence-electron chi connectivity index (χ3n) is 2.36. The SMILES string of the molecule is CCCOC(=O)c1c[nH]c2cc(N)ccc12. The maximum atomic E-state index is 11.7. The Morgan fingerprint density at radius 3 is 3.06 bits per heavy atom. The van der Waals surface area contributed by atoms with Crippen molar-refractivity contribution in [2.75, 3.05) is 12.3 Å². The highest BCUT2D eigenvalue weighted by Gasteiger charge is 2.12. The molecule has 0 saturated carbocycles. The van der Waals surface area contributed by atoms with Crippen molar-refractivity contribution in [3.05, 3.63) is 30.0 Å². The van der Waals surface area contributed by atoms with Crippen molar-refractivity contribution in [3.8, 4) is 0 Å². The minimum absolute atomic E-state index is 0.294. The van der Waals surface area contributed by atoms with Gasteiger partial charge in [0, 0.05) is 22.8 Å². The molecule has 0 fully saturated rings. The van der Waals surface area contributed by atoms with Crippen LogP contribution in [0, 0.1) is 0 Å². The molecule has 84 valence electrons. The van der Waals surface area contributed by atoms with Gasteiger partial charge in [0.1, 0.15) is 0 Å². The van der Waals surface area contributed by atoms with Gasteiger partial charge in [0.25, 0.3) is 0 Å². The quantitative estimate of drug-likeness (QED) is 0.613. The van der Waals surface area contributed by atoms with Gasteiger partial charge >= 0.3 is 5.97 Å². The number of hydrogen-bond acceptors (Lipinski definition) is 3. The first-order valence-corrected chi connectivity index (χ1v) is 5.26. The maximum absolute atomic E-state index is 11.7. The molecule has 0 radical (unpaired) electrons. The molecule has 0 spiro atoms. The van der Waals surface area contributed by atoms with Gasteiger partial charge in [0.15, 0.2) is 0 Å². The second kappa shape index (κ2) is 4.26. The van der Waals surface area contributed by atoms with Crippen LogP contribution >= 0.6 is 0 Å². The molecular formula is C12H14N2O2. The lowest BCUT2D eigenvalue weighted by Gasteiger charge is -2.01. The van der Waals surface area contributed by atoms with Gasteiger partial charge in [-0.15, -0.1) is 0 Å². The predicted octanol–water partition coefficient (Wildman–Crippen LogP) is 2.32. The number of carbonyl (C=O) groups is 1. The largest absolute Gasteiger partial charge is 0.462 e. The number of rotatable bonds is 3. The molecule has 0 saturated heterocycles. The van der Waals surface area contributed by atoms with Crippen molar-refractivity contribution < 1.29 is 9.53 Å². The van der Waals surface area contributed by atoms with Crippen molar-refractivity contribution in [2.24, 2.45) is 0 Å². The molecule has 0 unspecified atom stereocenters. The predicted molar refractivity (Wildman–Crippen MR) is 63.3 cm³/mol. The number of benzene rings is 1. The summed E-state index contributed by atoms with van der Waals surface area (Å²) in [6.07, 6.45) is 2.48. The summed E-state index contributed by atoms with van der Waals surface area (Å²) < 4.78 is 5.08. The monoisotopic (exact) mass is 218 g/mol. The van der Waals surface area contributed by atoms with E-state index < -0.39 is 0 Å². The zero-order valence-electron chi connectivity index (χ0n) is 9.12. The van der Waals surface area contributed by atoms with Gasteiger partial charge in [-0.25, -0.2) is 4.79 Å². The van der Waals surface area contributed by atoms with Gasteiger partial charge < -0.3 is 15.5 Å². The molecule has 3 N–H and O–H groups in total. The Morgan fingerprint density at radius 1 is 1.50 bits per heavy atom. The van der Waals surface area contributed by atoms with Crippen LogP contribution in [0.25, 0.3) is 10.9 Å². The molecule has 1 heterocycles. The summed E-state index contributed by atoms with van der Waals surface area (Å²) in [4.78, 5) is 14.7. The molecule has 4 nitrogen and oxygen atoms in total. The summed E-state index contributed by atoms with van der Waals surface area (Å²) in [5, 5.41) is 0.843. The molecule has 2 aromatic rings. The van der Waals surface area contributed by atoms with Crippen LogP contribution in [0.15, 0.2) is 24.4 Å². The molecule has 16 heavy (non-hydrogen) atoms. The van der Waals surface area contributed by atoms with E-state index in [-0.39, 0.29) is 5.97 Å². The lowest BCUT2D eigenvalue weighted by molar-refractivity contribution is 0.0507. The van der Waals surface area contributed by atoms with Crippen molar-refractivity contribution in [1.29, 1.82) is 0 Å². The Kier molecular flexibility index (Phi) is 2.81. The first-order chi connectivity index (χ1) is 7.72. The van der Waals surface area contributed by atoms with Gasteiger partial charge in [-0.2, -0.15) is 0 Å². The van der Waals surface area contributed by atoms with E-state index in [0.717, 1.165) is 17.3 Å². The summed E-state index contributed by atoms with van der Waals surface area (Å²) in [5.74, 6) is -0.294. The van der Waals surface area contributed by atoms with E-state index in [9.17, 15) is 4.79 Å². The molecule has 1 aromatic carbocycles. The standard InChI is InChI=1S/C12H14N2O2/c1-2-5-16-12(15)10-7-14-11-6-8(13)3-4-9(10)11/h3-4,6-7,14H,2,5,13H2,1H3. The number of ether oxygens (including phenoxy) is 1. The number of H-pyrrole nitrogens is 1. The molecular weight excluding hydrogens is 204 g/mol. The number of carbonyl (C=O) groups excluding carboxylic acids is 1. The number of aromatic amines is 1. The summed E-state index contributed by atoms with van der Waals surface area (Å²) in [6.45, 7) is 2.41. The fraction of sp³-hybridized carbons (Fsp3) is 0.250. The van der Waals surface area contributed by atoms with E-state index in [0.29, 0.717) is 17.9 Å². The maximum Gasteiger partial charge on any atom is 0.340 e. The molecule has 4 heteroatoms. The number of aromatic nitrogens is 1. The van der Waals surface area contributed by atoms with Crippen LogP contribution in [0.1, 0.15) is 23.7 Å². The highest BCUT2D eigenvalue weighted by atomic mass is 16.5. The van der Waals surface area contributed by atoms with E-state index in [4.69, 9.17) is 10.5 Å². The van der Waals surface area contributed by atoms with Crippen LogP contribution in [0.2, 0.25) is 0 Å². The normalized spacial score (nSPS) is 10.6. The van der Waals surface area contributed by atoms with Crippen molar-refractivity contribution in [2.45, 2.75) is 13.3 Å². The van der Waals surface area contributed by atoms with Crippen LogP contribution in [0.5, 0.6) is 0 Å². The Labute approximate surface area is 93.4 Å². The van der Waals surface area contributed by atoms with Gasteiger partial charge in [0.2, 0.25) is 0 Å². The van der Waals surface area contributed by atoms with Crippen LogP contribution in [-0.2, 0) is 4.74 Å². The molecule has 2 rings (SSSR count). The van der Waals surface area contributed by atoms with Crippen molar-refractivity contribution in [1.82, 2.24) is 4.98 Å². The molecule has 0 atom stereocenters. The molecule has 0 aliphatic carbocycles. The van der Waals surface area contributed by atoms with E-state index >= 15 is 0 Å². The number of anilines is 1. The first-order valence-electron chi connectivity index (χ1n) is 5.26. The Bertz CT molecular complexity index is 517. The van der Waals surface area contributed by atoms with Gasteiger partial charge in [-0.1, -0.05) is 6.92 Å². The van der Waals surface area contributed by atoms with Gasteiger partial charge in [0.05, 0.1) is 12.2 Å². The van der Waals surface area contributed by atoms with Crippen LogP contribution in [0.4, 0.5) is 5.69 Å². The van der Waals surface area contributed by atoms with E-state index in [2.05, 4.69) is 4.98 Å². The number of esters is 1. The third kappa shape index (κ3) is 1.86. The third-order valence-corrected chi connectivity index (χ3v) is 2.36. The van der Waals surface area contributed by atoms with Crippen molar-refractivity contribution in [3.63, 3.8) is 0 Å². The number of nitrogen functional groups attached to an aromatic ring is 1. The summed E-state index contributed by atoms with van der Waals surface area (Å²) in [5.41, 5.74) is 7.73. The zero-order chi connectivity index (χ0) is 11.5. The number of fused-ring (bicyclic) bond motifs is 1. The lowest BCUT2D eigenvalue weighted by Crippen LogP contribution is -2.04. The average molecular weight is 218 g/mol. The van der Waals surface area contributed by atoms with Crippen LogP contribution in [-0.4, -0.2) is 17.6 Å². The Morgan fingerprint density at radius 2 is 2.31 bits per heavy atom. The summed E-state index contributed by atoms with van der Waals surface area (Å²) in [6, 6.07) is 5.39. The minimum Gasteiger partial charge on any atom is -0.462 e. The van der Waals surface area contributed by atoms with Crippen molar-refractivity contribution >= 4 is 22.6 Å². The second-order valence-corrected chi connectivity index (χ2v) is 3.64. The molecule has 0 aliphatic rings. The lowest BCUT2D eigenvalue weighted by atomic mass is 10.1. The number of nitrogens with two attached hydrogens (primary N) is 1. The second-order valence-electron chi connectivity index (χ2n) is 3.64. The molecule has 0 amide bonds. The Balaban J connectivity index is 2.34. The topological polar surface area (TPSA) is 68.1 Å². The zero-order valence-corrected chi connectivity index (χ0v) is 9.12. The van der Waals surface area contributed by atoms with Gasteiger partial charge in [-0.3, -0.25) is 0 Å². The first kappa shape index (κ1) is 10.5. The fourth-order valence-electron chi connectivity index (χ4n) is 1.59. The van der Waals surface area contributed by atoms with E-state index in [1.54, 1.807) is 18.3 Å². The average Bonchev–Trinajstić information content (AvgIpc) is 2.68. The Hall–Kier alpha value is -1.97. The molecule has 0 bridgehead atoms. The minimum atomic E-state index is -0.294. The fourth-order valence-corrected chi connectivity index (χ4v) is 1.59. The van der Waals surface area contributed by atoms with Crippen LogP contribution in [0.3, 0.4) is 0 Å². The summed E-state index contributed by atoms with van der Waals surface area (Å²) in [7, 11) is 0. The summed E-state index contributed by atoms with van der Waals surface area (Å²) >= 11 is 0. The number of nitrogens with one attached hydrogen (secondary N) is 1. The van der Waals surface area contributed by atoms with E-state index in [1.165, 1.54) is 0 Å². The van der Waals surface area contributed by atoms with E-state index in [1.807, 2.05) is 13.0 Å². The van der Waals surface area contributed by atoms with Gasteiger partial charge in [-0.05, 0) is 24.6 Å². The molecule has 0 aliphatic heterocycles. The highest BCUT2D eigenvalue weighted by Crippen LogP contribution is 2.21. The number of hydrogen-bond donors (Lipinski definition) is 2. The smallest absolute Gasteiger partial charge is 0.340 e. The van der Waals surface area contributed by atoms with Crippen LogP contribution < -0.4 is 5.73 Å². The molecule has 1 aromatic heterocycles.